The lowest BCUT2D eigenvalue weighted by molar-refractivity contribution is -0.138. The van der Waals surface area contributed by atoms with E-state index < -0.39 is 17.6 Å². The van der Waals surface area contributed by atoms with E-state index in [-0.39, 0.29) is 29.2 Å². The van der Waals surface area contributed by atoms with Crippen LogP contribution >= 0.6 is 0 Å². The number of imidazole rings is 1. The highest BCUT2D eigenvalue weighted by Crippen LogP contribution is 2.35. The molecule has 38 heavy (non-hydrogen) atoms. The van der Waals surface area contributed by atoms with Gasteiger partial charge in [-0.3, -0.25) is 9.69 Å². The number of hydrogen-bond acceptors (Lipinski definition) is 7. The van der Waals surface area contributed by atoms with E-state index in [0.717, 1.165) is 19.2 Å². The number of hydrogen-bond donors (Lipinski definition) is 2. The van der Waals surface area contributed by atoms with Crippen LogP contribution in [0.4, 0.5) is 18.9 Å². The van der Waals surface area contributed by atoms with Crippen LogP contribution in [0.3, 0.4) is 0 Å². The van der Waals surface area contributed by atoms with Gasteiger partial charge >= 0.3 is 6.18 Å². The van der Waals surface area contributed by atoms with E-state index >= 15 is 0 Å². The van der Waals surface area contributed by atoms with Crippen LogP contribution in [0.5, 0.6) is 11.6 Å². The lowest BCUT2D eigenvalue weighted by atomic mass is 10.0. The molecule has 2 N–H and O–H groups in total. The molecule has 0 spiro atoms. The zero-order valence-electron chi connectivity index (χ0n) is 20.8. The molecule has 0 saturated carbocycles. The average Bonchev–Trinajstić information content (AvgIpc) is 3.34. The van der Waals surface area contributed by atoms with Crippen LogP contribution in [0.15, 0.2) is 48.8 Å². The molecule has 1 amide bonds. The summed E-state index contributed by atoms with van der Waals surface area (Å²) in [6, 6.07) is 10.2. The summed E-state index contributed by atoms with van der Waals surface area (Å²) in [4.78, 5) is 32.6. The van der Waals surface area contributed by atoms with Crippen molar-refractivity contribution in [1.82, 2.24) is 29.7 Å². The van der Waals surface area contributed by atoms with Crippen molar-refractivity contribution in [3.63, 3.8) is 0 Å². The van der Waals surface area contributed by atoms with Crippen molar-refractivity contribution in [2.24, 2.45) is 0 Å². The van der Waals surface area contributed by atoms with Gasteiger partial charge in [0.25, 0.3) is 5.91 Å². The zero-order chi connectivity index (χ0) is 26.9. The third-order valence-corrected chi connectivity index (χ3v) is 6.34. The summed E-state index contributed by atoms with van der Waals surface area (Å²) in [5.41, 5.74) is 0.639. The summed E-state index contributed by atoms with van der Waals surface area (Å²) >= 11 is 0. The number of H-pyrrole nitrogens is 1. The van der Waals surface area contributed by atoms with Crippen LogP contribution in [-0.4, -0.2) is 68.9 Å². The van der Waals surface area contributed by atoms with Crippen molar-refractivity contribution < 1.29 is 22.7 Å². The quantitative estimate of drug-likeness (QED) is 0.383. The SMILES string of the molecule is Cc1nc(Oc2cccc(C(=O)Nc3ccc(CN4CCN(C)CC4)c(C(F)(F)F)c3)c2)c2[nH]cnc2n1. The molecule has 0 bridgehead atoms. The summed E-state index contributed by atoms with van der Waals surface area (Å²) in [5.74, 6) is 0.462. The van der Waals surface area contributed by atoms with Gasteiger partial charge in [0.15, 0.2) is 5.65 Å². The molecular weight excluding hydrogens is 499 g/mol. The number of nitrogens with one attached hydrogen (secondary N) is 2. The van der Waals surface area contributed by atoms with Gasteiger partial charge in [0, 0.05) is 44.0 Å². The van der Waals surface area contributed by atoms with Gasteiger partial charge in [0.2, 0.25) is 5.88 Å². The Hall–Kier alpha value is -4.03. The number of ether oxygens (including phenoxy) is 1. The Morgan fingerprint density at radius 1 is 1.11 bits per heavy atom. The molecule has 4 aromatic rings. The maximum absolute atomic E-state index is 13.9. The highest BCUT2D eigenvalue weighted by atomic mass is 19.4. The van der Waals surface area contributed by atoms with Crippen molar-refractivity contribution in [2.45, 2.75) is 19.6 Å². The van der Waals surface area contributed by atoms with Crippen molar-refractivity contribution in [3.8, 4) is 11.6 Å². The van der Waals surface area contributed by atoms with Gasteiger partial charge in [-0.2, -0.15) is 18.2 Å². The predicted octanol–water partition coefficient (Wildman–Crippen LogP) is 4.47. The molecule has 1 saturated heterocycles. The standard InChI is InChI=1S/C26H26F3N7O2/c1-16-32-23-22(30-15-31-23)25(33-16)38-20-5-3-4-17(12-20)24(37)34-19-7-6-18(21(13-19)26(27,28)29)14-36-10-8-35(2)9-11-36/h3-7,12-13,15H,8-11,14H2,1-2H3,(H,34,37)(H,30,31,32,33). The van der Waals surface area contributed by atoms with E-state index in [1.807, 2.05) is 11.9 Å². The number of aryl methyl sites for hydroxylation is 1. The van der Waals surface area contributed by atoms with Gasteiger partial charge in [-0.05, 0) is 49.9 Å². The number of amides is 1. The van der Waals surface area contributed by atoms with Crippen LogP contribution in [0, 0.1) is 6.92 Å². The number of benzene rings is 2. The minimum absolute atomic E-state index is 0.0568. The summed E-state index contributed by atoms with van der Waals surface area (Å²) in [5, 5.41) is 2.58. The topological polar surface area (TPSA) is 99.3 Å². The molecule has 1 aliphatic heterocycles. The number of alkyl halides is 3. The van der Waals surface area contributed by atoms with Crippen LogP contribution in [0.1, 0.15) is 27.3 Å². The molecular formula is C26H26F3N7O2. The van der Waals surface area contributed by atoms with Crippen molar-refractivity contribution >= 4 is 22.8 Å². The second kappa shape index (κ2) is 10.4. The van der Waals surface area contributed by atoms with Crippen LogP contribution < -0.4 is 10.1 Å². The number of fused-ring (bicyclic) bond motifs is 1. The van der Waals surface area contributed by atoms with E-state index in [1.165, 1.54) is 24.5 Å². The van der Waals surface area contributed by atoms with Crippen molar-refractivity contribution in [3.05, 3.63) is 71.3 Å². The molecule has 1 aliphatic rings. The number of likely N-dealkylation sites (N-methyl/N-ethyl adjacent to an activating group) is 1. The van der Waals surface area contributed by atoms with E-state index in [1.54, 1.807) is 25.1 Å². The molecule has 3 heterocycles. The van der Waals surface area contributed by atoms with E-state index in [9.17, 15) is 18.0 Å². The Kier molecular flexibility index (Phi) is 7.00. The predicted molar refractivity (Wildman–Crippen MR) is 135 cm³/mol. The van der Waals surface area contributed by atoms with Gasteiger partial charge in [0.05, 0.1) is 11.9 Å². The highest BCUT2D eigenvalue weighted by molar-refractivity contribution is 6.04. The number of halogens is 3. The van der Waals surface area contributed by atoms with Gasteiger partial charge in [-0.1, -0.05) is 12.1 Å². The Bertz CT molecular complexity index is 1460. The van der Waals surface area contributed by atoms with Crippen molar-refractivity contribution in [1.29, 1.82) is 0 Å². The highest BCUT2D eigenvalue weighted by Gasteiger charge is 2.34. The second-order valence-corrected chi connectivity index (χ2v) is 9.21. The number of piperazine rings is 1. The second-order valence-electron chi connectivity index (χ2n) is 9.21. The maximum atomic E-state index is 13.9. The lowest BCUT2D eigenvalue weighted by Gasteiger charge is -2.33. The van der Waals surface area contributed by atoms with Gasteiger partial charge in [0.1, 0.15) is 17.1 Å². The van der Waals surface area contributed by atoms with Crippen LogP contribution in [0.2, 0.25) is 0 Å². The summed E-state index contributed by atoms with van der Waals surface area (Å²) in [6.45, 7) is 4.92. The molecule has 198 valence electrons. The molecule has 12 heteroatoms. The van der Waals surface area contributed by atoms with Crippen LogP contribution in [0.25, 0.3) is 11.2 Å². The first-order valence-corrected chi connectivity index (χ1v) is 12.0. The number of aromatic nitrogens is 4. The van der Waals surface area contributed by atoms with Gasteiger partial charge in [-0.15, -0.1) is 0 Å². The third kappa shape index (κ3) is 5.76. The fourth-order valence-corrected chi connectivity index (χ4v) is 4.30. The van der Waals surface area contributed by atoms with E-state index in [4.69, 9.17) is 4.74 Å². The number of rotatable bonds is 6. The minimum Gasteiger partial charge on any atom is -0.437 e. The zero-order valence-corrected chi connectivity index (χ0v) is 20.8. The number of carbonyl (C=O) groups excluding carboxylic acids is 1. The Balaban J connectivity index is 1.33. The number of anilines is 1. The van der Waals surface area contributed by atoms with E-state index in [2.05, 4.69) is 30.2 Å². The Morgan fingerprint density at radius 3 is 2.66 bits per heavy atom. The third-order valence-electron chi connectivity index (χ3n) is 6.34. The first-order valence-electron chi connectivity index (χ1n) is 12.0. The number of carbonyl (C=O) groups is 1. The smallest absolute Gasteiger partial charge is 0.416 e. The maximum Gasteiger partial charge on any atom is 0.416 e. The summed E-state index contributed by atoms with van der Waals surface area (Å²) in [7, 11) is 1.99. The Labute approximate surface area is 216 Å². The molecule has 9 nitrogen and oxygen atoms in total. The molecule has 2 aromatic heterocycles. The molecule has 0 aliphatic carbocycles. The number of nitrogens with zero attached hydrogens (tertiary/aromatic N) is 5. The van der Waals surface area contributed by atoms with Crippen molar-refractivity contribution in [2.75, 3.05) is 38.5 Å². The summed E-state index contributed by atoms with van der Waals surface area (Å²) < 4.78 is 47.6. The first kappa shape index (κ1) is 25.6. The van der Waals surface area contributed by atoms with Gasteiger partial charge < -0.3 is 19.9 Å². The summed E-state index contributed by atoms with van der Waals surface area (Å²) in [6.07, 6.45) is -3.08. The van der Waals surface area contributed by atoms with Crippen LogP contribution in [-0.2, 0) is 12.7 Å². The average molecular weight is 526 g/mol. The molecule has 2 aromatic carbocycles. The molecule has 0 radical (unpaired) electrons. The molecule has 1 fully saturated rings. The normalized spacial score (nSPS) is 15.1. The molecule has 0 atom stereocenters. The Morgan fingerprint density at radius 2 is 1.89 bits per heavy atom. The minimum atomic E-state index is -4.55. The van der Waals surface area contributed by atoms with Gasteiger partial charge in [-0.25, -0.2) is 9.97 Å². The lowest BCUT2D eigenvalue weighted by Crippen LogP contribution is -2.44. The number of aromatic amines is 1. The largest absolute Gasteiger partial charge is 0.437 e. The monoisotopic (exact) mass is 525 g/mol. The van der Waals surface area contributed by atoms with E-state index in [0.29, 0.717) is 35.8 Å². The fourth-order valence-electron chi connectivity index (χ4n) is 4.30. The fraction of sp³-hybridized carbons (Fsp3) is 0.308. The molecule has 5 rings (SSSR count). The molecule has 0 unspecified atom stereocenters. The first-order chi connectivity index (χ1) is 18.2.